The predicted molar refractivity (Wildman–Crippen MR) is 60.8 cm³/mol. The summed E-state index contributed by atoms with van der Waals surface area (Å²) < 4.78 is 25.9. The minimum absolute atomic E-state index is 0.0515. The van der Waals surface area contributed by atoms with Gasteiger partial charge < -0.3 is 10.2 Å². The molecule has 2 saturated heterocycles. The van der Waals surface area contributed by atoms with Gasteiger partial charge in [-0.05, 0) is 44.8 Å². The van der Waals surface area contributed by atoms with Crippen molar-refractivity contribution in [3.05, 3.63) is 0 Å². The Kier molecular flexibility index (Phi) is 4.14. The van der Waals surface area contributed by atoms with Gasteiger partial charge in [0.05, 0.1) is 0 Å². The average Bonchev–Trinajstić information content (AvgIpc) is 2.29. The van der Waals surface area contributed by atoms with Crippen LogP contribution in [0.2, 0.25) is 0 Å². The first kappa shape index (κ1) is 12.2. The van der Waals surface area contributed by atoms with E-state index in [1.807, 2.05) is 0 Å². The molecule has 0 spiro atoms. The fraction of sp³-hybridized carbons (Fsp3) is 1.00. The minimum Gasteiger partial charge on any atom is -0.316 e. The highest BCUT2D eigenvalue weighted by molar-refractivity contribution is 4.78. The summed E-state index contributed by atoms with van der Waals surface area (Å²) >= 11 is 0. The largest absolute Gasteiger partial charge is 0.316 e. The molecule has 0 aromatic heterocycles. The number of nitrogens with zero attached hydrogens (tertiary/aromatic N) is 1. The van der Waals surface area contributed by atoms with E-state index in [0.29, 0.717) is 13.1 Å². The minimum atomic E-state index is -2.40. The van der Waals surface area contributed by atoms with E-state index in [1.165, 1.54) is 19.3 Å². The third-order valence-corrected chi connectivity index (χ3v) is 3.84. The van der Waals surface area contributed by atoms with Gasteiger partial charge in [-0.2, -0.15) is 0 Å². The molecule has 2 aliphatic heterocycles. The molecule has 1 unspecified atom stereocenters. The van der Waals surface area contributed by atoms with Crippen molar-refractivity contribution >= 4 is 0 Å². The van der Waals surface area contributed by atoms with Crippen molar-refractivity contribution < 1.29 is 8.78 Å². The zero-order chi connectivity index (χ0) is 11.4. The summed E-state index contributed by atoms with van der Waals surface area (Å²) in [6, 6.07) is 0. The monoisotopic (exact) mass is 232 g/mol. The Labute approximate surface area is 96.4 Å². The Morgan fingerprint density at radius 1 is 1.25 bits per heavy atom. The summed E-state index contributed by atoms with van der Waals surface area (Å²) in [6.07, 6.45) is 3.84. The number of alkyl halides is 2. The van der Waals surface area contributed by atoms with Gasteiger partial charge in [-0.15, -0.1) is 0 Å². The molecule has 2 nitrogen and oxygen atoms in total. The topological polar surface area (TPSA) is 15.3 Å². The van der Waals surface area contributed by atoms with Crippen molar-refractivity contribution in [3.8, 4) is 0 Å². The maximum absolute atomic E-state index is 12.9. The molecule has 0 aromatic rings. The number of hydrogen-bond acceptors (Lipinski definition) is 2. The summed E-state index contributed by atoms with van der Waals surface area (Å²) in [5.41, 5.74) is 0. The van der Waals surface area contributed by atoms with E-state index in [4.69, 9.17) is 0 Å². The molecule has 1 atom stereocenters. The van der Waals surface area contributed by atoms with Crippen LogP contribution in [-0.2, 0) is 0 Å². The highest BCUT2D eigenvalue weighted by Gasteiger charge is 2.33. The molecule has 2 aliphatic rings. The summed E-state index contributed by atoms with van der Waals surface area (Å²) in [4.78, 5) is 2.20. The number of likely N-dealkylation sites (tertiary alicyclic amines) is 1. The number of hydrogen-bond donors (Lipinski definition) is 1. The van der Waals surface area contributed by atoms with E-state index in [1.54, 1.807) is 0 Å². The Morgan fingerprint density at radius 3 is 2.62 bits per heavy atom. The number of piperidine rings is 2. The molecule has 2 heterocycles. The first-order valence-electron chi connectivity index (χ1n) is 6.47. The lowest BCUT2D eigenvalue weighted by Gasteiger charge is -2.33. The normalized spacial score (nSPS) is 31.5. The van der Waals surface area contributed by atoms with Crippen LogP contribution in [0.25, 0.3) is 0 Å². The number of halogens is 2. The van der Waals surface area contributed by atoms with Crippen LogP contribution in [0.3, 0.4) is 0 Å². The second-order valence-corrected chi connectivity index (χ2v) is 5.20. The van der Waals surface area contributed by atoms with E-state index < -0.39 is 5.92 Å². The van der Waals surface area contributed by atoms with E-state index in [9.17, 15) is 8.78 Å². The Balaban J connectivity index is 1.63. The van der Waals surface area contributed by atoms with Crippen molar-refractivity contribution in [2.24, 2.45) is 5.92 Å². The van der Waals surface area contributed by atoms with Crippen molar-refractivity contribution in [3.63, 3.8) is 0 Å². The molecule has 4 heteroatoms. The third-order valence-electron chi connectivity index (χ3n) is 3.84. The van der Waals surface area contributed by atoms with Crippen LogP contribution in [0.5, 0.6) is 0 Å². The molecule has 0 bridgehead atoms. The standard InChI is InChI=1S/C12H22F2N2/c13-12(14)4-8-16(9-5-12)7-3-11-2-1-6-15-10-11/h11,15H,1-10H2. The fourth-order valence-corrected chi connectivity index (χ4v) is 2.64. The van der Waals surface area contributed by atoms with Gasteiger partial charge in [0.15, 0.2) is 0 Å². The zero-order valence-corrected chi connectivity index (χ0v) is 9.85. The molecule has 2 fully saturated rings. The Bertz CT molecular complexity index is 205. The van der Waals surface area contributed by atoms with Gasteiger partial charge in [-0.1, -0.05) is 0 Å². The van der Waals surface area contributed by atoms with Crippen LogP contribution in [0.4, 0.5) is 8.78 Å². The van der Waals surface area contributed by atoms with Crippen LogP contribution in [-0.4, -0.2) is 43.5 Å². The maximum Gasteiger partial charge on any atom is 0.250 e. The van der Waals surface area contributed by atoms with Gasteiger partial charge in [-0.3, -0.25) is 0 Å². The van der Waals surface area contributed by atoms with Crippen molar-refractivity contribution in [1.29, 1.82) is 0 Å². The summed E-state index contributed by atoms with van der Waals surface area (Å²) in [7, 11) is 0. The second-order valence-electron chi connectivity index (χ2n) is 5.20. The molecule has 0 radical (unpaired) electrons. The molecule has 0 saturated carbocycles. The predicted octanol–water partition coefficient (Wildman–Crippen LogP) is 2.11. The summed E-state index contributed by atoms with van der Waals surface area (Å²) in [5.74, 6) is -1.64. The van der Waals surface area contributed by atoms with Gasteiger partial charge >= 0.3 is 0 Å². The lowest BCUT2D eigenvalue weighted by atomic mass is 9.95. The second kappa shape index (κ2) is 5.41. The summed E-state index contributed by atoms with van der Waals surface area (Å²) in [6.45, 7) is 4.42. The number of nitrogens with one attached hydrogen (secondary N) is 1. The quantitative estimate of drug-likeness (QED) is 0.801. The van der Waals surface area contributed by atoms with E-state index in [0.717, 1.165) is 25.6 Å². The molecule has 0 amide bonds. The van der Waals surface area contributed by atoms with Crippen LogP contribution < -0.4 is 5.32 Å². The van der Waals surface area contributed by atoms with Gasteiger partial charge in [0.2, 0.25) is 0 Å². The van der Waals surface area contributed by atoms with Crippen LogP contribution in [0.1, 0.15) is 32.1 Å². The molecule has 16 heavy (non-hydrogen) atoms. The molecule has 0 aliphatic carbocycles. The highest BCUT2D eigenvalue weighted by Crippen LogP contribution is 2.28. The van der Waals surface area contributed by atoms with E-state index in [2.05, 4.69) is 10.2 Å². The van der Waals surface area contributed by atoms with Crippen LogP contribution in [0, 0.1) is 5.92 Å². The SMILES string of the molecule is FC1(F)CCN(CCC2CCCNC2)CC1. The highest BCUT2D eigenvalue weighted by atomic mass is 19.3. The van der Waals surface area contributed by atoms with Gasteiger partial charge in [0.1, 0.15) is 0 Å². The van der Waals surface area contributed by atoms with Crippen molar-refractivity contribution in [2.75, 3.05) is 32.7 Å². The van der Waals surface area contributed by atoms with Crippen LogP contribution in [0.15, 0.2) is 0 Å². The first-order chi connectivity index (χ1) is 7.66. The first-order valence-corrected chi connectivity index (χ1v) is 6.47. The van der Waals surface area contributed by atoms with Crippen LogP contribution >= 0.6 is 0 Å². The molecular formula is C12H22F2N2. The van der Waals surface area contributed by atoms with Crippen molar-refractivity contribution in [1.82, 2.24) is 10.2 Å². The molecule has 2 rings (SSSR count). The van der Waals surface area contributed by atoms with Gasteiger partial charge in [0, 0.05) is 25.9 Å². The molecule has 1 N–H and O–H groups in total. The van der Waals surface area contributed by atoms with E-state index in [-0.39, 0.29) is 12.8 Å². The zero-order valence-electron chi connectivity index (χ0n) is 9.85. The van der Waals surface area contributed by atoms with Crippen molar-refractivity contribution in [2.45, 2.75) is 38.0 Å². The van der Waals surface area contributed by atoms with Gasteiger partial charge in [-0.25, -0.2) is 8.78 Å². The maximum atomic E-state index is 12.9. The fourth-order valence-electron chi connectivity index (χ4n) is 2.64. The molecule has 0 aromatic carbocycles. The Morgan fingerprint density at radius 2 is 2.00 bits per heavy atom. The lowest BCUT2D eigenvalue weighted by Crippen LogP contribution is -2.41. The molecular weight excluding hydrogens is 210 g/mol. The Hall–Kier alpha value is -0.220. The third kappa shape index (κ3) is 3.67. The smallest absolute Gasteiger partial charge is 0.250 e. The van der Waals surface area contributed by atoms with E-state index >= 15 is 0 Å². The average molecular weight is 232 g/mol. The number of rotatable bonds is 3. The molecule has 94 valence electrons. The van der Waals surface area contributed by atoms with Gasteiger partial charge in [0.25, 0.3) is 5.92 Å². The lowest BCUT2D eigenvalue weighted by molar-refractivity contribution is -0.0557. The summed E-state index contributed by atoms with van der Waals surface area (Å²) in [5, 5.41) is 3.40.